The molecular weight excluding hydrogens is 317 g/mol. The first-order chi connectivity index (χ1) is 11.5. The Morgan fingerprint density at radius 2 is 1.83 bits per heavy atom. The molecule has 0 atom stereocenters. The van der Waals surface area contributed by atoms with Crippen LogP contribution in [-0.2, 0) is 9.59 Å². The molecule has 0 radical (unpaired) electrons. The maximum absolute atomic E-state index is 13.3. The fourth-order valence-electron chi connectivity index (χ4n) is 2.93. The van der Waals surface area contributed by atoms with Crippen molar-refractivity contribution in [1.29, 1.82) is 0 Å². The number of hydrogen-bond donors (Lipinski definition) is 1. The summed E-state index contributed by atoms with van der Waals surface area (Å²) >= 11 is 0. The van der Waals surface area contributed by atoms with Crippen LogP contribution in [0.1, 0.15) is 25.7 Å². The number of carbonyl (C=O) groups excluding carboxylic acids is 2. The maximum Gasteiger partial charge on any atom is 0.306 e. The molecule has 2 aliphatic rings. The van der Waals surface area contributed by atoms with Gasteiger partial charge in [-0.2, -0.15) is 4.39 Å². The van der Waals surface area contributed by atoms with E-state index >= 15 is 0 Å². The second-order valence-electron chi connectivity index (χ2n) is 6.29. The average molecular weight is 335 g/mol. The molecule has 0 bridgehead atoms. The molecule has 2 fully saturated rings. The van der Waals surface area contributed by atoms with Crippen molar-refractivity contribution in [2.45, 2.75) is 25.7 Å². The molecule has 2 amide bonds. The number of hydrogen-bond acceptors (Lipinski definition) is 4. The Hall–Kier alpha value is -2.51. The van der Waals surface area contributed by atoms with Crippen LogP contribution in [-0.4, -0.2) is 34.7 Å². The predicted molar refractivity (Wildman–Crippen MR) is 83.7 cm³/mol. The van der Waals surface area contributed by atoms with Crippen molar-refractivity contribution in [1.82, 2.24) is 4.90 Å². The van der Waals surface area contributed by atoms with Gasteiger partial charge in [-0.1, -0.05) is 0 Å². The van der Waals surface area contributed by atoms with E-state index in [1.165, 1.54) is 6.07 Å². The molecule has 1 saturated heterocycles. The highest BCUT2D eigenvalue weighted by Gasteiger charge is 2.36. The van der Waals surface area contributed by atoms with E-state index in [4.69, 9.17) is 0 Å². The number of rotatable bonds is 4. The third kappa shape index (κ3) is 3.52. The van der Waals surface area contributed by atoms with Crippen LogP contribution >= 0.6 is 0 Å². The van der Waals surface area contributed by atoms with Gasteiger partial charge in [0.25, 0.3) is 0 Å². The van der Waals surface area contributed by atoms with E-state index in [1.54, 1.807) is 0 Å². The summed E-state index contributed by atoms with van der Waals surface area (Å²) in [6.45, 7) is 1.11. The summed E-state index contributed by atoms with van der Waals surface area (Å²) in [6, 6.07) is 3.27. The van der Waals surface area contributed by atoms with Gasteiger partial charge in [0.2, 0.25) is 17.6 Å². The number of nitrogens with one attached hydrogen (secondary N) is 1. The number of likely N-dealkylation sites (tertiary alicyclic amines) is 1. The topological polar surface area (TPSA) is 92.5 Å². The van der Waals surface area contributed by atoms with Crippen molar-refractivity contribution in [3.05, 3.63) is 34.1 Å². The van der Waals surface area contributed by atoms with E-state index < -0.39 is 16.4 Å². The van der Waals surface area contributed by atoms with Gasteiger partial charge >= 0.3 is 5.69 Å². The SMILES string of the molecule is O=C(Nc1ccc(F)c([N+](=O)[O-])c1)C1CCN(C(=O)C2CC2)CC1. The van der Waals surface area contributed by atoms with Gasteiger partial charge < -0.3 is 10.2 Å². The van der Waals surface area contributed by atoms with Crippen molar-refractivity contribution in [2.24, 2.45) is 11.8 Å². The van der Waals surface area contributed by atoms with E-state index in [2.05, 4.69) is 5.32 Å². The largest absolute Gasteiger partial charge is 0.342 e. The van der Waals surface area contributed by atoms with Gasteiger partial charge in [-0.05, 0) is 37.8 Å². The van der Waals surface area contributed by atoms with Gasteiger partial charge in [-0.15, -0.1) is 0 Å². The Labute approximate surface area is 138 Å². The molecule has 128 valence electrons. The van der Waals surface area contributed by atoms with E-state index in [9.17, 15) is 24.1 Å². The number of nitro benzene ring substituents is 1. The minimum atomic E-state index is -0.940. The van der Waals surface area contributed by atoms with E-state index in [1.807, 2.05) is 4.90 Å². The smallest absolute Gasteiger partial charge is 0.306 e. The Kier molecular flexibility index (Phi) is 4.46. The number of nitrogens with zero attached hydrogens (tertiary/aromatic N) is 2. The van der Waals surface area contributed by atoms with Crippen LogP contribution in [0, 0.1) is 27.8 Å². The molecule has 8 heteroatoms. The number of carbonyl (C=O) groups is 2. The molecule has 1 aliphatic heterocycles. The molecular formula is C16H18FN3O4. The van der Waals surface area contributed by atoms with Crippen LogP contribution in [0.4, 0.5) is 15.8 Å². The second-order valence-corrected chi connectivity index (χ2v) is 6.29. The zero-order chi connectivity index (χ0) is 17.3. The fourth-order valence-corrected chi connectivity index (χ4v) is 2.93. The van der Waals surface area contributed by atoms with Gasteiger partial charge in [0.05, 0.1) is 4.92 Å². The average Bonchev–Trinajstić information content (AvgIpc) is 3.41. The van der Waals surface area contributed by atoms with E-state index in [-0.39, 0.29) is 29.3 Å². The summed E-state index contributed by atoms with van der Waals surface area (Å²) in [5.41, 5.74) is -0.470. The Bertz CT molecular complexity index is 682. The molecule has 1 aromatic carbocycles. The van der Waals surface area contributed by atoms with Gasteiger partial charge in [0.15, 0.2) is 0 Å². The lowest BCUT2D eigenvalue weighted by atomic mass is 9.95. The molecule has 0 unspecified atom stereocenters. The molecule has 1 aliphatic carbocycles. The van der Waals surface area contributed by atoms with E-state index in [0.29, 0.717) is 25.9 Å². The maximum atomic E-state index is 13.3. The van der Waals surface area contributed by atoms with Gasteiger partial charge in [-0.25, -0.2) is 0 Å². The van der Waals surface area contributed by atoms with Crippen molar-refractivity contribution in [3.63, 3.8) is 0 Å². The summed E-state index contributed by atoms with van der Waals surface area (Å²) in [5, 5.41) is 13.3. The van der Waals surface area contributed by atoms with Crippen LogP contribution in [0.5, 0.6) is 0 Å². The zero-order valence-electron chi connectivity index (χ0n) is 13.0. The quantitative estimate of drug-likeness (QED) is 0.675. The van der Waals surface area contributed by atoms with Crippen LogP contribution in [0.25, 0.3) is 0 Å². The predicted octanol–water partition coefficient (Wildman–Crippen LogP) is 2.32. The minimum Gasteiger partial charge on any atom is -0.342 e. The van der Waals surface area contributed by atoms with Crippen molar-refractivity contribution < 1.29 is 18.9 Å². The summed E-state index contributed by atoms with van der Waals surface area (Å²) in [4.78, 5) is 36.0. The van der Waals surface area contributed by atoms with E-state index in [0.717, 1.165) is 25.0 Å². The third-order valence-corrected chi connectivity index (χ3v) is 4.51. The molecule has 7 nitrogen and oxygen atoms in total. The highest BCUT2D eigenvalue weighted by atomic mass is 19.1. The Balaban J connectivity index is 1.57. The number of nitro groups is 1. The van der Waals surface area contributed by atoms with Crippen LogP contribution in [0.2, 0.25) is 0 Å². The fraction of sp³-hybridized carbons (Fsp3) is 0.500. The van der Waals surface area contributed by atoms with Gasteiger partial charge in [0, 0.05) is 36.7 Å². The van der Waals surface area contributed by atoms with Crippen molar-refractivity contribution in [3.8, 4) is 0 Å². The Morgan fingerprint density at radius 1 is 1.17 bits per heavy atom. The molecule has 1 N–H and O–H groups in total. The first kappa shape index (κ1) is 16.4. The van der Waals surface area contributed by atoms with Crippen LogP contribution in [0.3, 0.4) is 0 Å². The second kappa shape index (κ2) is 6.54. The highest BCUT2D eigenvalue weighted by Crippen LogP contribution is 2.32. The van der Waals surface area contributed by atoms with Crippen molar-refractivity contribution >= 4 is 23.2 Å². The highest BCUT2D eigenvalue weighted by molar-refractivity contribution is 5.93. The van der Waals surface area contributed by atoms with Crippen LogP contribution < -0.4 is 5.32 Å². The molecule has 1 aromatic rings. The molecule has 3 rings (SSSR count). The standard InChI is InChI=1S/C16H18FN3O4/c17-13-4-3-12(9-14(13)20(23)24)18-15(21)10-5-7-19(8-6-10)16(22)11-1-2-11/h3-4,9-11H,1-2,5-8H2,(H,18,21). The first-order valence-electron chi connectivity index (χ1n) is 7.99. The Morgan fingerprint density at radius 3 is 2.42 bits per heavy atom. The van der Waals surface area contributed by atoms with Crippen molar-refractivity contribution in [2.75, 3.05) is 18.4 Å². The first-order valence-corrected chi connectivity index (χ1v) is 7.99. The summed E-state index contributed by atoms with van der Waals surface area (Å²) in [5.74, 6) is -1.09. The monoisotopic (exact) mass is 335 g/mol. The van der Waals surface area contributed by atoms with Crippen LogP contribution in [0.15, 0.2) is 18.2 Å². The van der Waals surface area contributed by atoms with Gasteiger partial charge in [0.1, 0.15) is 0 Å². The molecule has 24 heavy (non-hydrogen) atoms. The lowest BCUT2D eigenvalue weighted by Crippen LogP contribution is -2.42. The lowest BCUT2D eigenvalue weighted by molar-refractivity contribution is -0.387. The number of piperidine rings is 1. The summed E-state index contributed by atoms with van der Waals surface area (Å²) in [6.07, 6.45) is 3.05. The summed E-state index contributed by atoms with van der Waals surface area (Å²) < 4.78 is 13.3. The number of halogens is 1. The molecule has 0 spiro atoms. The third-order valence-electron chi connectivity index (χ3n) is 4.51. The zero-order valence-corrected chi connectivity index (χ0v) is 13.0. The van der Waals surface area contributed by atoms with Gasteiger partial charge in [-0.3, -0.25) is 19.7 Å². The normalized spacial score (nSPS) is 18.3. The number of benzene rings is 1. The number of anilines is 1. The summed E-state index contributed by atoms with van der Waals surface area (Å²) in [7, 11) is 0. The molecule has 1 heterocycles. The molecule has 0 aromatic heterocycles. The molecule has 1 saturated carbocycles. The number of amides is 2. The minimum absolute atomic E-state index is 0.176. The lowest BCUT2D eigenvalue weighted by Gasteiger charge is -2.31.